The number of anilines is 1. The molecule has 0 atom stereocenters. The maximum atomic E-state index is 11.4. The highest BCUT2D eigenvalue weighted by Gasteiger charge is 2.05. The second-order valence-electron chi connectivity index (χ2n) is 3.09. The van der Waals surface area contributed by atoms with Gasteiger partial charge in [-0.3, -0.25) is 4.79 Å². The molecule has 0 aliphatic heterocycles. The van der Waals surface area contributed by atoms with E-state index in [-0.39, 0.29) is 36.4 Å². The number of halogens is 1. The highest BCUT2D eigenvalue weighted by Crippen LogP contribution is 2.17. The van der Waals surface area contributed by atoms with Gasteiger partial charge < -0.3 is 20.5 Å². The fourth-order valence-electron chi connectivity index (χ4n) is 1.05. The van der Waals surface area contributed by atoms with Gasteiger partial charge in [-0.25, -0.2) is 4.98 Å². The van der Waals surface area contributed by atoms with Gasteiger partial charge in [0.15, 0.2) is 11.6 Å². The van der Waals surface area contributed by atoms with Crippen molar-refractivity contribution in [3.8, 4) is 5.75 Å². The topological polar surface area (TPSA) is 83.5 Å². The molecule has 7 heteroatoms. The van der Waals surface area contributed by atoms with Crippen LogP contribution in [0.4, 0.5) is 5.82 Å². The third kappa shape index (κ3) is 6.06. The molecule has 0 aliphatic rings. The summed E-state index contributed by atoms with van der Waals surface area (Å²) in [4.78, 5) is 15.2. The highest BCUT2D eigenvalue weighted by atomic mass is 35.5. The van der Waals surface area contributed by atoms with Gasteiger partial charge in [-0.2, -0.15) is 0 Å². The number of carbonyl (C=O) groups excluding carboxylic acids is 1. The maximum absolute atomic E-state index is 11.4. The van der Waals surface area contributed by atoms with Crippen LogP contribution in [0.2, 0.25) is 0 Å². The van der Waals surface area contributed by atoms with Crippen molar-refractivity contribution in [2.24, 2.45) is 0 Å². The molecule has 17 heavy (non-hydrogen) atoms. The molecule has 0 bridgehead atoms. The van der Waals surface area contributed by atoms with Crippen LogP contribution in [0.1, 0.15) is 0 Å². The van der Waals surface area contributed by atoms with Crippen molar-refractivity contribution in [3.63, 3.8) is 0 Å². The molecule has 1 aromatic rings. The van der Waals surface area contributed by atoms with Gasteiger partial charge in [-0.1, -0.05) is 0 Å². The lowest BCUT2D eigenvalue weighted by Gasteiger charge is -2.06. The summed E-state index contributed by atoms with van der Waals surface area (Å²) in [6.07, 6.45) is 1.49. The van der Waals surface area contributed by atoms with Crippen molar-refractivity contribution in [3.05, 3.63) is 18.3 Å². The molecule has 1 amide bonds. The van der Waals surface area contributed by atoms with E-state index in [2.05, 4.69) is 15.6 Å². The Bertz CT molecular complexity index is 349. The van der Waals surface area contributed by atoms with E-state index in [4.69, 9.17) is 4.74 Å². The van der Waals surface area contributed by atoms with Crippen LogP contribution in [0.15, 0.2) is 18.3 Å². The van der Waals surface area contributed by atoms with E-state index in [0.717, 1.165) is 0 Å². The Morgan fingerprint density at radius 3 is 3.00 bits per heavy atom. The van der Waals surface area contributed by atoms with Crippen molar-refractivity contribution >= 4 is 24.1 Å². The van der Waals surface area contributed by atoms with E-state index in [0.29, 0.717) is 13.2 Å². The van der Waals surface area contributed by atoms with Gasteiger partial charge in [-0.15, -0.1) is 12.4 Å². The highest BCUT2D eigenvalue weighted by molar-refractivity contribution is 5.92. The number of pyridine rings is 1. The Kier molecular flexibility index (Phi) is 8.04. The van der Waals surface area contributed by atoms with Crippen molar-refractivity contribution in [2.75, 3.05) is 32.1 Å². The Balaban J connectivity index is 0.00000256. The normalized spacial score (nSPS) is 9.47. The quantitative estimate of drug-likeness (QED) is 0.645. The van der Waals surface area contributed by atoms with E-state index in [1.54, 1.807) is 13.2 Å². The van der Waals surface area contributed by atoms with Crippen LogP contribution < -0.4 is 10.6 Å². The van der Waals surface area contributed by atoms with E-state index in [1.165, 1.54) is 12.3 Å². The second-order valence-corrected chi connectivity index (χ2v) is 3.09. The van der Waals surface area contributed by atoms with Crippen LogP contribution in [0, 0.1) is 0 Å². The third-order valence-electron chi connectivity index (χ3n) is 1.81. The van der Waals surface area contributed by atoms with E-state index in [9.17, 15) is 9.90 Å². The maximum Gasteiger partial charge on any atom is 0.239 e. The molecule has 0 unspecified atom stereocenters. The number of aromatic hydroxyl groups is 1. The SMILES string of the molecule is COCCNCC(=O)Nc1ncccc1O.Cl. The predicted molar refractivity (Wildman–Crippen MR) is 66.5 cm³/mol. The summed E-state index contributed by atoms with van der Waals surface area (Å²) in [6, 6.07) is 3.04. The minimum Gasteiger partial charge on any atom is -0.504 e. The summed E-state index contributed by atoms with van der Waals surface area (Å²) in [5.41, 5.74) is 0. The van der Waals surface area contributed by atoms with Crippen LogP contribution >= 0.6 is 12.4 Å². The summed E-state index contributed by atoms with van der Waals surface area (Å²) in [5.74, 6) is -0.140. The number of methoxy groups -OCH3 is 1. The number of aromatic nitrogens is 1. The van der Waals surface area contributed by atoms with Crippen LogP contribution in [0.25, 0.3) is 0 Å². The van der Waals surface area contributed by atoms with Crippen molar-refractivity contribution in [1.82, 2.24) is 10.3 Å². The lowest BCUT2D eigenvalue weighted by molar-refractivity contribution is -0.115. The fraction of sp³-hybridized carbons (Fsp3) is 0.400. The zero-order chi connectivity index (χ0) is 11.8. The van der Waals surface area contributed by atoms with Gasteiger partial charge >= 0.3 is 0 Å². The second kappa shape index (κ2) is 8.74. The van der Waals surface area contributed by atoms with Gasteiger partial charge in [0.1, 0.15) is 0 Å². The fourth-order valence-corrected chi connectivity index (χ4v) is 1.05. The molecule has 1 heterocycles. The molecule has 0 aliphatic carbocycles. The zero-order valence-corrected chi connectivity index (χ0v) is 10.3. The first-order chi connectivity index (χ1) is 7.74. The number of nitrogens with one attached hydrogen (secondary N) is 2. The number of ether oxygens (including phenoxy) is 1. The number of hydrogen-bond acceptors (Lipinski definition) is 5. The van der Waals surface area contributed by atoms with Crippen LogP contribution in [-0.2, 0) is 9.53 Å². The molecule has 1 aromatic heterocycles. The third-order valence-corrected chi connectivity index (χ3v) is 1.81. The largest absolute Gasteiger partial charge is 0.504 e. The number of rotatable bonds is 6. The van der Waals surface area contributed by atoms with Crippen molar-refractivity contribution in [1.29, 1.82) is 0 Å². The van der Waals surface area contributed by atoms with Crippen molar-refractivity contribution in [2.45, 2.75) is 0 Å². The molecule has 0 saturated carbocycles. The van der Waals surface area contributed by atoms with Gasteiger partial charge in [0.2, 0.25) is 5.91 Å². The Hall–Kier alpha value is -1.37. The molecule has 6 nitrogen and oxygen atoms in total. The Labute approximate surface area is 106 Å². The molecule has 0 radical (unpaired) electrons. The molecule has 0 saturated heterocycles. The molecular formula is C10H16ClN3O3. The summed E-state index contributed by atoms with van der Waals surface area (Å²) < 4.78 is 4.81. The minimum atomic E-state index is -0.259. The summed E-state index contributed by atoms with van der Waals surface area (Å²) in [6.45, 7) is 1.29. The van der Waals surface area contributed by atoms with Gasteiger partial charge in [-0.05, 0) is 12.1 Å². The lowest BCUT2D eigenvalue weighted by Crippen LogP contribution is -2.30. The van der Waals surface area contributed by atoms with Gasteiger partial charge in [0, 0.05) is 19.9 Å². The molecule has 3 N–H and O–H groups in total. The minimum absolute atomic E-state index is 0. The van der Waals surface area contributed by atoms with Crippen LogP contribution in [-0.4, -0.2) is 42.8 Å². The number of amides is 1. The number of carbonyl (C=O) groups is 1. The Morgan fingerprint density at radius 1 is 1.59 bits per heavy atom. The smallest absolute Gasteiger partial charge is 0.239 e. The number of hydrogen-bond donors (Lipinski definition) is 3. The molecule has 0 aromatic carbocycles. The first-order valence-electron chi connectivity index (χ1n) is 4.87. The Morgan fingerprint density at radius 2 is 2.35 bits per heavy atom. The van der Waals surface area contributed by atoms with Crippen molar-refractivity contribution < 1.29 is 14.6 Å². The summed E-state index contributed by atoms with van der Waals surface area (Å²) >= 11 is 0. The monoisotopic (exact) mass is 261 g/mol. The first-order valence-corrected chi connectivity index (χ1v) is 4.87. The summed E-state index contributed by atoms with van der Waals surface area (Å²) in [7, 11) is 1.59. The zero-order valence-electron chi connectivity index (χ0n) is 9.47. The van der Waals surface area contributed by atoms with Crippen LogP contribution in [0.5, 0.6) is 5.75 Å². The molecule has 1 rings (SSSR count). The average Bonchev–Trinajstić information content (AvgIpc) is 2.28. The summed E-state index contributed by atoms with van der Waals surface area (Å²) in [5, 5.41) is 14.7. The van der Waals surface area contributed by atoms with E-state index >= 15 is 0 Å². The predicted octanol–water partition coefficient (Wildman–Crippen LogP) is 0.384. The van der Waals surface area contributed by atoms with Crippen LogP contribution in [0.3, 0.4) is 0 Å². The van der Waals surface area contributed by atoms with Gasteiger partial charge in [0.25, 0.3) is 0 Å². The standard InChI is InChI=1S/C10H15N3O3.ClH/c1-16-6-5-11-7-9(15)13-10-8(14)3-2-4-12-10;/h2-4,11,14H,5-7H2,1H3,(H,12,13,15);1H. The number of nitrogens with zero attached hydrogens (tertiary/aromatic N) is 1. The van der Waals surface area contributed by atoms with Gasteiger partial charge in [0.05, 0.1) is 13.2 Å². The van der Waals surface area contributed by atoms with E-state index in [1.807, 2.05) is 0 Å². The molecular weight excluding hydrogens is 246 g/mol. The average molecular weight is 262 g/mol. The lowest BCUT2D eigenvalue weighted by atomic mass is 10.4. The van der Waals surface area contributed by atoms with E-state index < -0.39 is 0 Å². The molecule has 0 fully saturated rings. The molecule has 0 spiro atoms. The molecule has 96 valence electrons. The first kappa shape index (κ1) is 15.6.